The molecule has 1 aromatic heterocycles. The van der Waals surface area contributed by atoms with Gasteiger partial charge in [-0.15, -0.1) is 0 Å². The molecule has 11 heteroatoms. The van der Waals surface area contributed by atoms with E-state index in [9.17, 15) is 17.9 Å². The molecule has 0 saturated heterocycles. The van der Waals surface area contributed by atoms with Gasteiger partial charge in [0.05, 0.1) is 23.0 Å². The smallest absolute Gasteiger partial charge is 0.268 e. The van der Waals surface area contributed by atoms with Crippen molar-refractivity contribution < 1.29 is 17.9 Å². The summed E-state index contributed by atoms with van der Waals surface area (Å²) in [6.07, 6.45) is 0.371. The maximum atomic E-state index is 14.0. The second kappa shape index (κ2) is 10.8. The second-order valence-electron chi connectivity index (χ2n) is 7.16. The van der Waals surface area contributed by atoms with E-state index in [1.165, 1.54) is 24.3 Å². The molecule has 0 fully saturated rings. The number of anilines is 2. The average molecular weight is 517 g/mol. The molecule has 0 aliphatic rings. The summed E-state index contributed by atoms with van der Waals surface area (Å²) < 4.78 is 46.1. The van der Waals surface area contributed by atoms with Crippen LogP contribution in [0.15, 0.2) is 72.8 Å². The van der Waals surface area contributed by atoms with Crippen molar-refractivity contribution in [2.75, 3.05) is 4.31 Å². The van der Waals surface area contributed by atoms with E-state index in [1.54, 1.807) is 18.2 Å². The van der Waals surface area contributed by atoms with Crippen molar-refractivity contribution in [1.82, 2.24) is 14.1 Å². The molecule has 174 valence electrons. The fourth-order valence-corrected chi connectivity index (χ4v) is 4.69. The molecule has 2 N–H and O–H groups in total. The predicted molar refractivity (Wildman–Crippen MR) is 131 cm³/mol. The second-order valence-corrected chi connectivity index (χ2v) is 8.95. The highest BCUT2D eigenvalue weighted by Gasteiger charge is 2.27. The summed E-state index contributed by atoms with van der Waals surface area (Å²) in [6.45, 7) is -0.0622. The predicted octanol–water partition coefficient (Wildman–Crippen LogP) is 5.13. The van der Waals surface area contributed by atoms with Gasteiger partial charge >= 0.3 is 0 Å². The number of carbonyl (C=O) groups is 1. The molecule has 34 heavy (non-hydrogen) atoms. The lowest BCUT2D eigenvalue weighted by atomic mass is 10.1. The van der Waals surface area contributed by atoms with Crippen molar-refractivity contribution >= 4 is 52.0 Å². The quantitative estimate of drug-likeness (QED) is 0.317. The first-order valence-electron chi connectivity index (χ1n) is 10.0. The highest BCUT2D eigenvalue weighted by molar-refractivity contribution is 7.81. The Bertz CT molecular complexity index is 1340. The van der Waals surface area contributed by atoms with Gasteiger partial charge in [-0.25, -0.2) is 12.9 Å². The lowest BCUT2D eigenvalue weighted by Gasteiger charge is -2.21. The molecule has 1 unspecified atom stereocenters. The molecule has 3 aromatic carbocycles. The molecule has 0 aliphatic carbocycles. The van der Waals surface area contributed by atoms with Crippen molar-refractivity contribution in [3.8, 4) is 0 Å². The first-order valence-corrected chi connectivity index (χ1v) is 12.2. The molecule has 4 aromatic rings. The third-order valence-electron chi connectivity index (χ3n) is 4.92. The summed E-state index contributed by atoms with van der Waals surface area (Å²) in [5.41, 5.74) is 1.86. The van der Waals surface area contributed by atoms with Gasteiger partial charge in [0.2, 0.25) is 0 Å². The molecule has 0 radical (unpaired) electrons. The van der Waals surface area contributed by atoms with E-state index < -0.39 is 23.0 Å². The molecular weight excluding hydrogens is 499 g/mol. The number of rotatable bonds is 8. The minimum Gasteiger partial charge on any atom is -0.348 e. The molecule has 4 rings (SSSR count). The first-order chi connectivity index (χ1) is 16.4. The van der Waals surface area contributed by atoms with Crippen molar-refractivity contribution in [2.24, 2.45) is 0 Å². The van der Waals surface area contributed by atoms with Gasteiger partial charge in [-0.05, 0) is 29.8 Å². The van der Waals surface area contributed by atoms with Crippen molar-refractivity contribution in [3.63, 3.8) is 0 Å². The van der Waals surface area contributed by atoms with Gasteiger partial charge in [0, 0.05) is 23.6 Å². The number of nitrogens with zero attached hydrogens (tertiary/aromatic N) is 3. The lowest BCUT2D eigenvalue weighted by molar-refractivity contribution is 0.0951. The number of hydrogen-bond acceptors (Lipinski definition) is 5. The van der Waals surface area contributed by atoms with Gasteiger partial charge in [0.15, 0.2) is 5.82 Å². The van der Waals surface area contributed by atoms with E-state index in [4.69, 9.17) is 11.6 Å². The van der Waals surface area contributed by atoms with E-state index in [2.05, 4.69) is 14.1 Å². The Morgan fingerprint density at radius 3 is 2.56 bits per heavy atom. The summed E-state index contributed by atoms with van der Waals surface area (Å²) in [6, 6.07) is 19.9. The summed E-state index contributed by atoms with van der Waals surface area (Å²) in [7, 11) is 0. The topological polar surface area (TPSA) is 95.4 Å². The molecule has 0 bridgehead atoms. The van der Waals surface area contributed by atoms with Crippen LogP contribution in [0.3, 0.4) is 0 Å². The SMILES string of the molecule is O=C(NCc1ccccc1F)c1ccc(Cl)cc1N(c1nsnc1Cc1ccccc1)S(=O)O. The largest absolute Gasteiger partial charge is 0.348 e. The third-order valence-corrected chi connectivity index (χ3v) is 6.39. The van der Waals surface area contributed by atoms with E-state index in [1.807, 2.05) is 30.3 Å². The molecule has 1 amide bonds. The van der Waals surface area contributed by atoms with Crippen molar-refractivity contribution in [1.29, 1.82) is 0 Å². The highest BCUT2D eigenvalue weighted by atomic mass is 35.5. The third kappa shape index (κ3) is 5.48. The maximum Gasteiger partial charge on any atom is 0.268 e. The molecule has 0 spiro atoms. The van der Waals surface area contributed by atoms with Gasteiger partial charge in [-0.1, -0.05) is 60.1 Å². The van der Waals surface area contributed by atoms with E-state index in [0.717, 1.165) is 21.6 Å². The lowest BCUT2D eigenvalue weighted by Crippen LogP contribution is -2.28. The van der Waals surface area contributed by atoms with Crippen LogP contribution >= 0.6 is 23.3 Å². The molecular formula is C23H18ClFN4O3S2. The van der Waals surface area contributed by atoms with Crippen molar-refractivity contribution in [3.05, 3.63) is 106 Å². The van der Waals surface area contributed by atoms with E-state index in [-0.39, 0.29) is 28.6 Å². The fourth-order valence-electron chi connectivity index (χ4n) is 3.31. The summed E-state index contributed by atoms with van der Waals surface area (Å²) >= 11 is 4.47. The number of carbonyl (C=O) groups excluding carboxylic acids is 1. The van der Waals surface area contributed by atoms with Crippen LogP contribution in [0, 0.1) is 5.82 Å². The number of hydrogen-bond donors (Lipinski definition) is 2. The van der Waals surface area contributed by atoms with Crippen LogP contribution < -0.4 is 9.62 Å². The van der Waals surface area contributed by atoms with Crippen LogP contribution in [0.5, 0.6) is 0 Å². The zero-order chi connectivity index (χ0) is 24.1. The van der Waals surface area contributed by atoms with Gasteiger partial charge in [-0.2, -0.15) is 8.75 Å². The monoisotopic (exact) mass is 516 g/mol. The van der Waals surface area contributed by atoms with Gasteiger partial charge < -0.3 is 5.32 Å². The standard InChI is InChI=1S/C23H18ClFN4O3S2/c24-17-10-11-18(23(30)26-14-16-8-4-5-9-19(16)25)21(13-17)29(34(31)32)22-20(27-33-28-22)12-15-6-2-1-3-7-15/h1-11,13H,12,14H2,(H,26,30)(H,31,32). The van der Waals surface area contributed by atoms with Gasteiger partial charge in [-0.3, -0.25) is 9.35 Å². The number of nitrogens with one attached hydrogen (secondary N) is 1. The fraction of sp³-hybridized carbons (Fsp3) is 0.0870. The number of halogens is 2. The molecule has 1 heterocycles. The van der Waals surface area contributed by atoms with Crippen LogP contribution in [0.2, 0.25) is 5.02 Å². The van der Waals surface area contributed by atoms with E-state index in [0.29, 0.717) is 17.7 Å². The van der Waals surface area contributed by atoms with Gasteiger partial charge in [0.1, 0.15) is 11.5 Å². The van der Waals surface area contributed by atoms with Crippen LogP contribution in [-0.4, -0.2) is 23.4 Å². The summed E-state index contributed by atoms with van der Waals surface area (Å²) in [5, 5.41) is 2.90. The van der Waals surface area contributed by atoms with Crippen LogP contribution in [0.1, 0.15) is 27.2 Å². The van der Waals surface area contributed by atoms with E-state index >= 15 is 0 Å². The Hall–Kier alpha value is -3.18. The molecule has 7 nitrogen and oxygen atoms in total. The maximum absolute atomic E-state index is 14.0. The Labute approximate surface area is 207 Å². The number of amides is 1. The van der Waals surface area contributed by atoms with Crippen LogP contribution in [0.25, 0.3) is 0 Å². The zero-order valence-electron chi connectivity index (χ0n) is 17.5. The normalized spacial score (nSPS) is 11.7. The minimum absolute atomic E-state index is 0.0622. The van der Waals surface area contributed by atoms with Crippen LogP contribution in [-0.2, 0) is 24.2 Å². The average Bonchev–Trinajstić information content (AvgIpc) is 3.26. The summed E-state index contributed by atoms with van der Waals surface area (Å²) in [5.74, 6) is -0.880. The molecule has 0 saturated carbocycles. The van der Waals surface area contributed by atoms with Crippen LogP contribution in [0.4, 0.5) is 15.9 Å². The Kier molecular flexibility index (Phi) is 7.63. The highest BCUT2D eigenvalue weighted by Crippen LogP contribution is 2.34. The Morgan fingerprint density at radius 2 is 1.82 bits per heavy atom. The first kappa shape index (κ1) is 24.0. The Morgan fingerprint density at radius 1 is 1.09 bits per heavy atom. The minimum atomic E-state index is -2.59. The van der Waals surface area contributed by atoms with Crippen molar-refractivity contribution in [2.45, 2.75) is 13.0 Å². The number of aromatic nitrogens is 2. The summed E-state index contributed by atoms with van der Waals surface area (Å²) in [4.78, 5) is 13.0. The zero-order valence-corrected chi connectivity index (χ0v) is 19.9. The molecule has 0 aliphatic heterocycles. The number of benzene rings is 3. The molecule has 1 atom stereocenters. The van der Waals surface area contributed by atoms with Gasteiger partial charge in [0.25, 0.3) is 17.2 Å². The Balaban J connectivity index is 1.68.